The zero-order chi connectivity index (χ0) is 16.9. The second-order valence-corrected chi connectivity index (χ2v) is 5.95. The molecule has 2 heterocycles. The molecule has 0 saturated carbocycles. The Labute approximate surface area is 142 Å². The van der Waals surface area contributed by atoms with Crippen LogP contribution < -0.4 is 4.74 Å². The highest BCUT2D eigenvalue weighted by Crippen LogP contribution is 2.18. The maximum absolute atomic E-state index is 12.3. The summed E-state index contributed by atoms with van der Waals surface area (Å²) in [5, 5.41) is 0. The number of likely N-dealkylation sites (tertiary alicyclic amines) is 1. The first-order valence-corrected chi connectivity index (χ1v) is 8.11. The van der Waals surface area contributed by atoms with Crippen molar-refractivity contribution in [2.24, 2.45) is 0 Å². The average Bonchev–Trinajstić information content (AvgIpc) is 3.01. The van der Waals surface area contributed by atoms with Gasteiger partial charge >= 0.3 is 0 Å². The predicted octanol–water partition coefficient (Wildman–Crippen LogP) is 2.79. The molecule has 1 atom stereocenters. The Morgan fingerprint density at radius 3 is 2.79 bits per heavy atom. The summed E-state index contributed by atoms with van der Waals surface area (Å²) in [4.78, 5) is 22.6. The fourth-order valence-electron chi connectivity index (χ4n) is 2.78. The number of benzene rings is 1. The molecule has 1 aromatic heterocycles. The number of rotatable bonds is 4. The van der Waals surface area contributed by atoms with Gasteiger partial charge in [0.05, 0.1) is 6.54 Å². The lowest BCUT2D eigenvalue weighted by Gasteiger charge is -2.15. The van der Waals surface area contributed by atoms with E-state index in [2.05, 4.69) is 9.97 Å². The maximum atomic E-state index is 12.3. The van der Waals surface area contributed by atoms with Gasteiger partial charge in [0.25, 0.3) is 0 Å². The van der Waals surface area contributed by atoms with Crippen LogP contribution in [0, 0.1) is 13.8 Å². The minimum absolute atomic E-state index is 0.0139. The third kappa shape index (κ3) is 4.19. The van der Waals surface area contributed by atoms with Crippen molar-refractivity contribution in [1.82, 2.24) is 14.9 Å². The van der Waals surface area contributed by atoms with Gasteiger partial charge in [-0.25, -0.2) is 4.98 Å². The number of hydrogen-bond donors (Lipinski definition) is 0. The second kappa shape index (κ2) is 7.25. The van der Waals surface area contributed by atoms with Crippen LogP contribution in [-0.4, -0.2) is 40.0 Å². The van der Waals surface area contributed by atoms with Gasteiger partial charge in [0.2, 0.25) is 11.8 Å². The number of amides is 1. The molecular formula is C19H21N3O2. The zero-order valence-electron chi connectivity index (χ0n) is 14.0. The molecule has 1 fully saturated rings. The SMILES string of the molecule is Cc1cc(OC2CCN(C(=O)C=Cc3ccccc3)C2)nc(C)n1. The number of carbonyl (C=O) groups is 1. The molecule has 5 nitrogen and oxygen atoms in total. The number of nitrogens with zero attached hydrogens (tertiary/aromatic N) is 3. The zero-order valence-corrected chi connectivity index (χ0v) is 14.0. The van der Waals surface area contributed by atoms with Crippen LogP contribution in [0.5, 0.6) is 5.88 Å². The third-order valence-electron chi connectivity index (χ3n) is 3.90. The normalized spacial score (nSPS) is 17.4. The van der Waals surface area contributed by atoms with Crippen LogP contribution in [0.25, 0.3) is 6.08 Å². The van der Waals surface area contributed by atoms with Crippen LogP contribution in [0.4, 0.5) is 0 Å². The predicted molar refractivity (Wildman–Crippen MR) is 92.6 cm³/mol. The molecule has 0 aliphatic carbocycles. The molecule has 0 N–H and O–H groups in total. The highest BCUT2D eigenvalue weighted by atomic mass is 16.5. The first kappa shape index (κ1) is 16.2. The van der Waals surface area contributed by atoms with Gasteiger partial charge in [-0.05, 0) is 25.5 Å². The van der Waals surface area contributed by atoms with Crippen molar-refractivity contribution >= 4 is 12.0 Å². The third-order valence-corrected chi connectivity index (χ3v) is 3.90. The first-order chi connectivity index (χ1) is 11.6. The molecule has 1 aliphatic rings. The quantitative estimate of drug-likeness (QED) is 0.812. The molecule has 1 aromatic carbocycles. The van der Waals surface area contributed by atoms with Crippen LogP contribution in [0.3, 0.4) is 0 Å². The van der Waals surface area contributed by atoms with Gasteiger partial charge in [0, 0.05) is 30.8 Å². The van der Waals surface area contributed by atoms with Crippen molar-refractivity contribution in [3.63, 3.8) is 0 Å². The summed E-state index contributed by atoms with van der Waals surface area (Å²) >= 11 is 0. The number of carbonyl (C=O) groups excluding carboxylic acids is 1. The minimum Gasteiger partial charge on any atom is -0.472 e. The van der Waals surface area contributed by atoms with Crippen molar-refractivity contribution < 1.29 is 9.53 Å². The van der Waals surface area contributed by atoms with E-state index in [0.29, 0.717) is 24.8 Å². The molecule has 0 radical (unpaired) electrons. The van der Waals surface area contributed by atoms with Gasteiger partial charge < -0.3 is 9.64 Å². The lowest BCUT2D eigenvalue weighted by atomic mass is 10.2. The Morgan fingerprint density at radius 2 is 2.04 bits per heavy atom. The number of ether oxygens (including phenoxy) is 1. The van der Waals surface area contributed by atoms with Gasteiger partial charge in [-0.15, -0.1) is 0 Å². The van der Waals surface area contributed by atoms with Crippen molar-refractivity contribution in [1.29, 1.82) is 0 Å². The molecule has 5 heteroatoms. The van der Waals surface area contributed by atoms with Gasteiger partial charge in [-0.3, -0.25) is 4.79 Å². The molecular weight excluding hydrogens is 302 g/mol. The standard InChI is InChI=1S/C19H21N3O2/c1-14-12-18(21-15(2)20-14)24-17-10-11-22(13-17)19(23)9-8-16-6-4-3-5-7-16/h3-9,12,17H,10-11,13H2,1-2H3. The molecule has 1 amide bonds. The summed E-state index contributed by atoms with van der Waals surface area (Å²) in [5.74, 6) is 1.29. The minimum atomic E-state index is -0.0206. The van der Waals surface area contributed by atoms with E-state index in [1.165, 1.54) is 0 Å². The summed E-state index contributed by atoms with van der Waals surface area (Å²) in [5.41, 5.74) is 1.90. The van der Waals surface area contributed by atoms with E-state index >= 15 is 0 Å². The first-order valence-electron chi connectivity index (χ1n) is 8.11. The smallest absolute Gasteiger partial charge is 0.246 e. The van der Waals surface area contributed by atoms with Gasteiger partial charge in [0.1, 0.15) is 11.9 Å². The number of aryl methyl sites for hydroxylation is 2. The number of hydrogen-bond acceptors (Lipinski definition) is 4. The second-order valence-electron chi connectivity index (χ2n) is 5.95. The topological polar surface area (TPSA) is 55.3 Å². The molecule has 1 saturated heterocycles. The lowest BCUT2D eigenvalue weighted by molar-refractivity contribution is -0.125. The monoisotopic (exact) mass is 323 g/mol. The Hall–Kier alpha value is -2.69. The fraction of sp³-hybridized carbons (Fsp3) is 0.316. The van der Waals surface area contributed by atoms with E-state index in [4.69, 9.17) is 4.74 Å². The van der Waals surface area contributed by atoms with Crippen molar-refractivity contribution in [2.45, 2.75) is 26.4 Å². The molecule has 3 rings (SSSR count). The van der Waals surface area contributed by atoms with E-state index in [-0.39, 0.29) is 12.0 Å². The van der Waals surface area contributed by atoms with Crippen LogP contribution in [-0.2, 0) is 4.79 Å². The van der Waals surface area contributed by atoms with Crippen LogP contribution >= 0.6 is 0 Å². The van der Waals surface area contributed by atoms with Crippen molar-refractivity contribution in [3.8, 4) is 5.88 Å². The van der Waals surface area contributed by atoms with Crippen LogP contribution in [0.1, 0.15) is 23.5 Å². The summed E-state index contributed by atoms with van der Waals surface area (Å²) < 4.78 is 5.91. The fourth-order valence-corrected chi connectivity index (χ4v) is 2.78. The van der Waals surface area contributed by atoms with Crippen LogP contribution in [0.2, 0.25) is 0 Å². The number of aromatic nitrogens is 2. The lowest BCUT2D eigenvalue weighted by Crippen LogP contribution is -2.29. The summed E-state index contributed by atoms with van der Waals surface area (Å²) in [6.07, 6.45) is 4.25. The van der Waals surface area contributed by atoms with Crippen molar-refractivity contribution in [2.75, 3.05) is 13.1 Å². The van der Waals surface area contributed by atoms with E-state index in [1.54, 1.807) is 6.08 Å². The van der Waals surface area contributed by atoms with Gasteiger partial charge in [-0.2, -0.15) is 4.98 Å². The summed E-state index contributed by atoms with van der Waals surface area (Å²) in [6.45, 7) is 5.05. The van der Waals surface area contributed by atoms with Gasteiger partial charge in [0.15, 0.2) is 0 Å². The summed E-state index contributed by atoms with van der Waals surface area (Å²) in [7, 11) is 0. The Bertz CT molecular complexity index is 723. The van der Waals surface area contributed by atoms with Gasteiger partial charge in [-0.1, -0.05) is 30.3 Å². The molecule has 1 aliphatic heterocycles. The summed E-state index contributed by atoms with van der Waals surface area (Å²) in [6, 6.07) is 11.6. The molecule has 1 unspecified atom stereocenters. The molecule has 2 aromatic rings. The van der Waals surface area contributed by atoms with E-state index in [1.807, 2.05) is 61.2 Å². The van der Waals surface area contributed by atoms with E-state index < -0.39 is 0 Å². The molecule has 0 spiro atoms. The molecule has 124 valence electrons. The highest BCUT2D eigenvalue weighted by Gasteiger charge is 2.26. The van der Waals surface area contributed by atoms with Crippen LogP contribution in [0.15, 0.2) is 42.5 Å². The highest BCUT2D eigenvalue weighted by molar-refractivity contribution is 5.92. The Balaban J connectivity index is 1.56. The van der Waals surface area contributed by atoms with E-state index in [0.717, 1.165) is 17.7 Å². The van der Waals surface area contributed by atoms with Crippen molar-refractivity contribution in [3.05, 3.63) is 59.6 Å². The maximum Gasteiger partial charge on any atom is 0.246 e. The molecule has 24 heavy (non-hydrogen) atoms. The molecule has 0 bridgehead atoms. The largest absolute Gasteiger partial charge is 0.472 e. The average molecular weight is 323 g/mol. The Morgan fingerprint density at radius 1 is 1.25 bits per heavy atom. The van der Waals surface area contributed by atoms with E-state index in [9.17, 15) is 4.79 Å². The Kier molecular flexibility index (Phi) is 4.89.